The van der Waals surface area contributed by atoms with E-state index in [-0.39, 0.29) is 31.4 Å². The van der Waals surface area contributed by atoms with Crippen LogP contribution >= 0.6 is 0 Å². The zero-order valence-corrected chi connectivity index (χ0v) is 24.5. The molecule has 0 aromatic heterocycles. The number of carbonyl (C=O) groups is 4. The summed E-state index contributed by atoms with van der Waals surface area (Å²) in [6.07, 6.45) is -1.49. The van der Waals surface area contributed by atoms with Crippen molar-refractivity contribution in [1.82, 2.24) is 19.8 Å². The summed E-state index contributed by atoms with van der Waals surface area (Å²) in [6.45, 7) is 11.5. The van der Waals surface area contributed by atoms with Gasteiger partial charge in [-0.05, 0) is 38.2 Å². The Bertz CT molecular complexity index is 1030. The molecule has 2 aliphatic heterocycles. The maximum Gasteiger partial charge on any atom is 0.359 e. The molecule has 13 nitrogen and oxygen atoms in total. The zero-order chi connectivity index (χ0) is 29.3. The Kier molecular flexibility index (Phi) is 12.5. The Labute approximate surface area is 241 Å². The molecule has 2 atom stereocenters. The smallest absolute Gasteiger partial charge is 0.359 e. The molecule has 2 fully saturated rings. The molecule has 0 spiro atoms. The van der Waals surface area contributed by atoms with Gasteiger partial charge in [-0.2, -0.15) is 5.06 Å². The first kappa shape index (κ1) is 33.9. The van der Waals surface area contributed by atoms with E-state index < -0.39 is 48.3 Å². The van der Waals surface area contributed by atoms with Gasteiger partial charge in [0.15, 0.2) is 5.60 Å². The van der Waals surface area contributed by atoms with Crippen LogP contribution in [0.1, 0.15) is 52.5 Å². The predicted molar refractivity (Wildman–Crippen MR) is 148 cm³/mol. The Morgan fingerprint density at radius 1 is 0.829 bits per heavy atom. The van der Waals surface area contributed by atoms with Crippen molar-refractivity contribution in [2.24, 2.45) is 0 Å². The second-order valence-corrected chi connectivity index (χ2v) is 10.0. The monoisotopic (exact) mass is 580 g/mol. The average Bonchev–Trinajstić information content (AvgIpc) is 3.03. The van der Waals surface area contributed by atoms with Gasteiger partial charge in [0, 0.05) is 19.6 Å². The van der Waals surface area contributed by atoms with Crippen LogP contribution in [0.25, 0.3) is 0 Å². The van der Waals surface area contributed by atoms with Crippen LogP contribution in [0.15, 0.2) is 30.3 Å². The largest absolute Gasteiger partial charge is 0.412 e. The molecule has 1 aromatic carbocycles. The number of benzene rings is 1. The SMILES string of the molecule is CCN(CC)CCN1OC(=O)CC2(O)CC(=O)OC(CCc3ccccc3)(OC2=O)N(CCN(CC)CC)C1=O.O. The Morgan fingerprint density at radius 3 is 1.98 bits per heavy atom. The van der Waals surface area contributed by atoms with E-state index in [2.05, 4.69) is 9.80 Å². The maximum absolute atomic E-state index is 14.2. The van der Waals surface area contributed by atoms with Gasteiger partial charge in [-0.3, -0.25) is 4.79 Å². The number of hydroxylamine groups is 2. The minimum Gasteiger partial charge on any atom is -0.412 e. The van der Waals surface area contributed by atoms with Gasteiger partial charge in [-0.1, -0.05) is 58.0 Å². The molecule has 1 aromatic rings. The highest BCUT2D eigenvalue weighted by Crippen LogP contribution is 2.36. The van der Waals surface area contributed by atoms with E-state index >= 15 is 0 Å². The summed E-state index contributed by atoms with van der Waals surface area (Å²) < 4.78 is 11.6. The number of amides is 2. The third-order valence-corrected chi connectivity index (χ3v) is 7.47. The molecular formula is C28H44N4O9. The van der Waals surface area contributed by atoms with Crippen LogP contribution in [-0.2, 0) is 35.1 Å². The van der Waals surface area contributed by atoms with Gasteiger partial charge >= 0.3 is 29.9 Å². The molecule has 0 radical (unpaired) electrons. The first-order valence-corrected chi connectivity index (χ1v) is 14.1. The number of aliphatic hydroxyl groups is 1. The van der Waals surface area contributed by atoms with Gasteiger partial charge in [0.2, 0.25) is 0 Å². The highest BCUT2D eigenvalue weighted by Gasteiger charge is 2.58. The summed E-state index contributed by atoms with van der Waals surface area (Å²) in [5, 5.41) is 12.1. The summed E-state index contributed by atoms with van der Waals surface area (Å²) in [7, 11) is 0. The molecule has 2 bridgehead atoms. The fourth-order valence-corrected chi connectivity index (χ4v) is 4.89. The third kappa shape index (κ3) is 8.38. The lowest BCUT2D eigenvalue weighted by Gasteiger charge is -2.43. The van der Waals surface area contributed by atoms with Crippen LogP contribution in [0, 0.1) is 0 Å². The van der Waals surface area contributed by atoms with Crippen molar-refractivity contribution in [3.63, 3.8) is 0 Å². The maximum atomic E-state index is 14.2. The van der Waals surface area contributed by atoms with Gasteiger partial charge in [0.25, 0.3) is 0 Å². The van der Waals surface area contributed by atoms with Crippen molar-refractivity contribution in [1.29, 1.82) is 0 Å². The van der Waals surface area contributed by atoms with Crippen molar-refractivity contribution < 1.29 is 44.1 Å². The van der Waals surface area contributed by atoms with Gasteiger partial charge in [0.1, 0.15) is 0 Å². The van der Waals surface area contributed by atoms with E-state index in [9.17, 15) is 24.3 Å². The zero-order valence-electron chi connectivity index (χ0n) is 24.5. The lowest BCUT2D eigenvalue weighted by atomic mass is 9.96. The first-order valence-electron chi connectivity index (χ1n) is 14.1. The number of hydrogen-bond acceptors (Lipinski definition) is 10. The summed E-state index contributed by atoms with van der Waals surface area (Å²) in [6, 6.07) is 8.51. The minimum atomic E-state index is -2.50. The van der Waals surface area contributed by atoms with E-state index in [0.29, 0.717) is 39.3 Å². The molecule has 13 heteroatoms. The van der Waals surface area contributed by atoms with Gasteiger partial charge in [0.05, 0.1) is 25.8 Å². The second-order valence-electron chi connectivity index (χ2n) is 10.0. The number of rotatable bonds is 13. The van der Waals surface area contributed by atoms with Crippen molar-refractivity contribution in [2.75, 3.05) is 52.4 Å². The summed E-state index contributed by atoms with van der Waals surface area (Å²) >= 11 is 0. The third-order valence-electron chi connectivity index (χ3n) is 7.47. The Hall–Kier alpha value is -3.26. The fourth-order valence-electron chi connectivity index (χ4n) is 4.89. The highest BCUT2D eigenvalue weighted by atomic mass is 16.8. The molecule has 0 saturated carbocycles. The lowest BCUT2D eigenvalue weighted by Crippen LogP contribution is -2.63. The van der Waals surface area contributed by atoms with E-state index in [1.165, 1.54) is 0 Å². The molecule has 3 rings (SSSR count). The van der Waals surface area contributed by atoms with Crippen LogP contribution in [0.4, 0.5) is 4.79 Å². The van der Waals surface area contributed by atoms with Crippen molar-refractivity contribution >= 4 is 23.9 Å². The van der Waals surface area contributed by atoms with Crippen LogP contribution in [0.5, 0.6) is 0 Å². The lowest BCUT2D eigenvalue weighted by molar-refractivity contribution is -0.284. The molecule has 2 amide bonds. The Balaban J connectivity index is 0.00000588. The van der Waals surface area contributed by atoms with E-state index in [1.807, 2.05) is 58.0 Å². The standard InChI is InChI=1S/C28H42N4O8.H2O/c1-5-29(6-2)16-18-31-26(36)32(19-17-30(7-3)8-4)40-24(34)21-27(37)20-23(33)38-28(31,39-25(27)35)15-14-22-12-10-9-11-13-22;/h9-13,37H,5-8,14-21H2,1-4H3;1H2. The van der Waals surface area contributed by atoms with Crippen LogP contribution in [-0.4, -0.2) is 118 Å². The molecule has 2 heterocycles. The summed E-state index contributed by atoms with van der Waals surface area (Å²) in [4.78, 5) is 64.2. The number of likely N-dealkylation sites (N-methyl/N-ethyl adjacent to an activating group) is 2. The van der Waals surface area contributed by atoms with E-state index in [1.54, 1.807) is 0 Å². The summed E-state index contributed by atoms with van der Waals surface area (Å²) in [5.74, 6) is -5.40. The molecule has 0 aliphatic carbocycles. The molecule has 2 saturated heterocycles. The number of aryl methyl sites for hydroxylation is 1. The Morgan fingerprint density at radius 2 is 1.39 bits per heavy atom. The van der Waals surface area contributed by atoms with E-state index in [0.717, 1.165) is 15.5 Å². The number of urea groups is 1. The van der Waals surface area contributed by atoms with Gasteiger partial charge < -0.3 is 34.7 Å². The van der Waals surface area contributed by atoms with Gasteiger partial charge in [-0.15, -0.1) is 0 Å². The minimum absolute atomic E-state index is 0. The average molecular weight is 581 g/mol. The van der Waals surface area contributed by atoms with Crippen LogP contribution in [0.2, 0.25) is 0 Å². The first-order chi connectivity index (χ1) is 19.1. The van der Waals surface area contributed by atoms with Crippen LogP contribution in [0.3, 0.4) is 0 Å². The summed E-state index contributed by atoms with van der Waals surface area (Å²) in [5.41, 5.74) is -1.64. The number of esters is 2. The molecule has 230 valence electrons. The highest BCUT2D eigenvalue weighted by molar-refractivity contribution is 5.92. The molecule has 2 aliphatic rings. The van der Waals surface area contributed by atoms with Gasteiger partial charge in [-0.25, -0.2) is 19.3 Å². The van der Waals surface area contributed by atoms with E-state index in [4.69, 9.17) is 14.3 Å². The van der Waals surface area contributed by atoms with Crippen molar-refractivity contribution in [3.8, 4) is 0 Å². The molecule has 2 unspecified atom stereocenters. The quantitative estimate of drug-likeness (QED) is 0.333. The second kappa shape index (κ2) is 15.1. The number of ether oxygens (including phenoxy) is 2. The van der Waals surface area contributed by atoms with Crippen molar-refractivity contribution in [2.45, 2.75) is 64.9 Å². The van der Waals surface area contributed by atoms with Crippen LogP contribution < -0.4 is 0 Å². The number of hydrogen-bond donors (Lipinski definition) is 1. The number of carbonyl (C=O) groups excluding carboxylic acids is 4. The predicted octanol–water partition coefficient (Wildman–Crippen LogP) is 0.939. The molecule has 41 heavy (non-hydrogen) atoms. The number of fused-ring (bicyclic) bond motifs is 3. The topological polar surface area (TPSA) is 161 Å². The number of nitrogens with zero attached hydrogens (tertiary/aromatic N) is 4. The van der Waals surface area contributed by atoms with Crippen molar-refractivity contribution in [3.05, 3.63) is 35.9 Å². The fraction of sp³-hybridized carbons (Fsp3) is 0.643. The molecular weight excluding hydrogens is 536 g/mol. The molecule has 3 N–H and O–H groups in total. The normalized spacial score (nSPS) is 23.2.